The van der Waals surface area contributed by atoms with Crippen molar-refractivity contribution in [3.8, 4) is 11.5 Å². The van der Waals surface area contributed by atoms with Crippen LogP contribution in [0.1, 0.15) is 33.4 Å². The second-order valence-electron chi connectivity index (χ2n) is 6.37. The largest absolute Gasteiger partial charge is 0.507 e. The minimum Gasteiger partial charge on any atom is -0.507 e. The number of hydrogen-bond acceptors (Lipinski definition) is 6. The molecule has 0 aliphatic rings. The molecule has 27 heavy (non-hydrogen) atoms. The molecule has 0 amide bonds. The van der Waals surface area contributed by atoms with E-state index in [1.165, 1.54) is 0 Å². The molecule has 0 radical (unpaired) electrons. The molecule has 0 aromatic heterocycles. The summed E-state index contributed by atoms with van der Waals surface area (Å²) in [6, 6.07) is 7.47. The Morgan fingerprint density at radius 2 is 1.11 bits per heavy atom. The Kier molecular flexibility index (Phi) is 7.79. The molecule has 146 valence electrons. The van der Waals surface area contributed by atoms with Gasteiger partial charge in [0.05, 0.1) is 19.8 Å². The van der Waals surface area contributed by atoms with Gasteiger partial charge in [0.1, 0.15) is 17.8 Å². The molecular formula is C21H26O6. The number of aromatic hydroxyl groups is 2. The minimum absolute atomic E-state index is 0.0959. The summed E-state index contributed by atoms with van der Waals surface area (Å²) >= 11 is 0. The third kappa shape index (κ3) is 5.29. The molecule has 0 heterocycles. The summed E-state index contributed by atoms with van der Waals surface area (Å²) in [6.45, 7) is 0.833. The third-order valence-corrected chi connectivity index (χ3v) is 4.27. The Bertz CT molecular complexity index is 757. The normalized spacial score (nSPS) is 10.9. The Morgan fingerprint density at radius 1 is 0.741 bits per heavy atom. The number of aldehydes is 1. The van der Waals surface area contributed by atoms with Crippen LogP contribution < -0.4 is 0 Å². The van der Waals surface area contributed by atoms with Crippen LogP contribution in [0, 0.1) is 0 Å². The van der Waals surface area contributed by atoms with Gasteiger partial charge in [0.2, 0.25) is 0 Å². The van der Waals surface area contributed by atoms with Crippen LogP contribution in [0.4, 0.5) is 0 Å². The van der Waals surface area contributed by atoms with E-state index in [1.807, 2.05) is 24.3 Å². The Labute approximate surface area is 159 Å². The maximum atomic E-state index is 10.9. The predicted octanol–water partition coefficient (Wildman–Crippen LogP) is 2.87. The first-order valence-corrected chi connectivity index (χ1v) is 8.61. The average Bonchev–Trinajstić information content (AvgIpc) is 2.63. The zero-order valence-electron chi connectivity index (χ0n) is 15.9. The van der Waals surface area contributed by atoms with Crippen LogP contribution in [-0.4, -0.2) is 37.8 Å². The van der Waals surface area contributed by atoms with Crippen LogP contribution in [-0.2, 0) is 51.7 Å². The first-order chi connectivity index (χ1) is 13.0. The second-order valence-corrected chi connectivity index (χ2v) is 6.37. The average molecular weight is 374 g/mol. The van der Waals surface area contributed by atoms with Crippen molar-refractivity contribution in [2.45, 2.75) is 32.7 Å². The SMILES string of the molecule is COCc1cc(Cc2cc(COC)c(O)c(COC)c2)cc(CC=O)c1O. The summed E-state index contributed by atoms with van der Waals surface area (Å²) < 4.78 is 15.5. The van der Waals surface area contributed by atoms with Crippen molar-refractivity contribution in [2.75, 3.05) is 21.3 Å². The molecule has 2 aromatic rings. The molecule has 0 fully saturated rings. The van der Waals surface area contributed by atoms with E-state index < -0.39 is 0 Å². The van der Waals surface area contributed by atoms with E-state index in [0.717, 1.165) is 17.4 Å². The molecule has 0 atom stereocenters. The zero-order valence-corrected chi connectivity index (χ0v) is 15.9. The standard InChI is InChI=1S/C21H26O6/c1-25-11-17-8-14(7-16(4-5-22)20(17)23)6-15-9-18(12-26-2)21(24)19(10-15)13-27-3/h5,7-10,23-24H,4,6,11-13H2,1-3H3. The summed E-state index contributed by atoms with van der Waals surface area (Å²) in [4.78, 5) is 10.9. The third-order valence-electron chi connectivity index (χ3n) is 4.27. The van der Waals surface area contributed by atoms with Crippen molar-refractivity contribution in [3.05, 3.63) is 57.6 Å². The van der Waals surface area contributed by atoms with Crippen LogP contribution in [0.3, 0.4) is 0 Å². The van der Waals surface area contributed by atoms with Gasteiger partial charge in [0.15, 0.2) is 0 Å². The summed E-state index contributed by atoms with van der Waals surface area (Å²) in [6.07, 6.45) is 1.47. The van der Waals surface area contributed by atoms with Crippen molar-refractivity contribution in [1.29, 1.82) is 0 Å². The van der Waals surface area contributed by atoms with Crippen molar-refractivity contribution in [3.63, 3.8) is 0 Å². The van der Waals surface area contributed by atoms with Gasteiger partial charge in [-0.2, -0.15) is 0 Å². The van der Waals surface area contributed by atoms with Gasteiger partial charge < -0.3 is 29.2 Å². The van der Waals surface area contributed by atoms with E-state index in [0.29, 0.717) is 28.7 Å². The number of carbonyl (C=O) groups excluding carboxylic acids is 1. The highest BCUT2D eigenvalue weighted by Crippen LogP contribution is 2.30. The molecule has 0 spiro atoms. The van der Waals surface area contributed by atoms with E-state index in [-0.39, 0.29) is 37.7 Å². The highest BCUT2D eigenvalue weighted by molar-refractivity contribution is 5.59. The fourth-order valence-electron chi connectivity index (χ4n) is 3.15. The molecule has 2 N–H and O–H groups in total. The number of carbonyl (C=O) groups is 1. The highest BCUT2D eigenvalue weighted by atomic mass is 16.5. The number of benzene rings is 2. The van der Waals surface area contributed by atoms with Crippen LogP contribution >= 0.6 is 0 Å². The van der Waals surface area contributed by atoms with Crippen molar-refractivity contribution in [1.82, 2.24) is 0 Å². The molecule has 6 heteroatoms. The van der Waals surface area contributed by atoms with Gasteiger partial charge in [-0.15, -0.1) is 0 Å². The fraction of sp³-hybridized carbons (Fsp3) is 0.381. The second kappa shape index (κ2) is 10.1. The van der Waals surface area contributed by atoms with Gasteiger partial charge in [-0.25, -0.2) is 0 Å². The van der Waals surface area contributed by atoms with Crippen molar-refractivity contribution >= 4 is 6.29 Å². The molecule has 6 nitrogen and oxygen atoms in total. The quantitative estimate of drug-likeness (QED) is 0.622. The van der Waals surface area contributed by atoms with Crippen LogP contribution in [0.25, 0.3) is 0 Å². The molecule has 0 aliphatic heterocycles. The smallest absolute Gasteiger partial charge is 0.126 e. The predicted molar refractivity (Wildman–Crippen MR) is 101 cm³/mol. The summed E-state index contributed by atoms with van der Waals surface area (Å²) in [7, 11) is 4.70. The molecule has 2 rings (SSSR count). The lowest BCUT2D eigenvalue weighted by Gasteiger charge is -2.15. The Morgan fingerprint density at radius 3 is 1.48 bits per heavy atom. The summed E-state index contributed by atoms with van der Waals surface area (Å²) in [5.74, 6) is 0.272. The Balaban J connectivity index is 2.44. The minimum atomic E-state index is 0.0959. The molecule has 2 aromatic carbocycles. The lowest BCUT2D eigenvalue weighted by atomic mass is 9.95. The van der Waals surface area contributed by atoms with E-state index in [4.69, 9.17) is 14.2 Å². The number of rotatable bonds is 10. The maximum absolute atomic E-state index is 10.9. The molecular weight excluding hydrogens is 348 g/mol. The van der Waals surface area contributed by atoms with Gasteiger partial charge in [0.25, 0.3) is 0 Å². The number of phenolic OH excluding ortho intramolecular Hbond substituents is 2. The van der Waals surface area contributed by atoms with E-state index >= 15 is 0 Å². The first-order valence-electron chi connectivity index (χ1n) is 8.61. The van der Waals surface area contributed by atoms with E-state index in [1.54, 1.807) is 21.3 Å². The van der Waals surface area contributed by atoms with Crippen molar-refractivity contribution < 1.29 is 29.2 Å². The van der Waals surface area contributed by atoms with Crippen LogP contribution in [0.2, 0.25) is 0 Å². The van der Waals surface area contributed by atoms with Crippen LogP contribution in [0.15, 0.2) is 24.3 Å². The highest BCUT2D eigenvalue weighted by Gasteiger charge is 2.13. The van der Waals surface area contributed by atoms with Crippen LogP contribution in [0.5, 0.6) is 11.5 Å². The lowest BCUT2D eigenvalue weighted by Crippen LogP contribution is -2.01. The van der Waals surface area contributed by atoms with Crippen molar-refractivity contribution in [2.24, 2.45) is 0 Å². The van der Waals surface area contributed by atoms with Gasteiger partial charge in [-0.1, -0.05) is 6.07 Å². The molecule has 0 aliphatic carbocycles. The molecule has 0 unspecified atom stereocenters. The Hall–Kier alpha value is -2.41. The number of phenols is 2. The first kappa shape index (κ1) is 20.9. The van der Waals surface area contributed by atoms with Gasteiger partial charge in [-0.05, 0) is 35.7 Å². The number of hydrogen-bond donors (Lipinski definition) is 2. The molecule has 0 saturated heterocycles. The molecule has 0 bridgehead atoms. The zero-order chi connectivity index (χ0) is 19.8. The van der Waals surface area contributed by atoms with Gasteiger partial charge in [0, 0.05) is 50.0 Å². The summed E-state index contributed by atoms with van der Waals surface area (Å²) in [5, 5.41) is 20.7. The number of methoxy groups -OCH3 is 3. The topological polar surface area (TPSA) is 85.2 Å². The van der Waals surface area contributed by atoms with E-state index in [2.05, 4.69) is 0 Å². The fourth-order valence-corrected chi connectivity index (χ4v) is 3.15. The molecule has 0 saturated carbocycles. The van der Waals surface area contributed by atoms with Gasteiger partial charge >= 0.3 is 0 Å². The lowest BCUT2D eigenvalue weighted by molar-refractivity contribution is -0.107. The number of ether oxygens (including phenoxy) is 3. The van der Waals surface area contributed by atoms with Gasteiger partial charge in [-0.3, -0.25) is 0 Å². The monoisotopic (exact) mass is 374 g/mol. The van der Waals surface area contributed by atoms with E-state index in [9.17, 15) is 15.0 Å². The summed E-state index contributed by atoms with van der Waals surface area (Å²) in [5.41, 5.74) is 4.49. The maximum Gasteiger partial charge on any atom is 0.126 e.